The molecule has 0 atom stereocenters. The molecule has 42 nitrogen and oxygen atoms in total. The summed E-state index contributed by atoms with van der Waals surface area (Å²) >= 11 is 0. The summed E-state index contributed by atoms with van der Waals surface area (Å²) < 4.78 is 305. The summed E-state index contributed by atoms with van der Waals surface area (Å²) in [5.74, 6) is 4.64. The molecule has 0 aliphatic carbocycles. The summed E-state index contributed by atoms with van der Waals surface area (Å²) in [5, 5.41) is 39.6. The Hall–Kier alpha value is -9.38. The van der Waals surface area contributed by atoms with Crippen molar-refractivity contribution in [3.05, 3.63) is 166 Å². The number of aromatic hydroxyl groups is 2. The minimum Gasteiger partial charge on any atom is -0.504 e. The second-order valence-corrected chi connectivity index (χ2v) is 39.3. The molecule has 0 unspecified atom stereocenters. The molecule has 7 rings (SSSR count). The zero-order chi connectivity index (χ0) is 102. The number of unbranched alkanes of at least 4 members (excludes halogenated alkanes) is 1. The van der Waals surface area contributed by atoms with E-state index < -0.39 is 82.9 Å². The molecular formula is C83H128F3N7O35S7. The number of hydrogen-bond donors (Lipinski definition) is 16. The number of halogens is 3. The van der Waals surface area contributed by atoms with E-state index in [1.165, 1.54) is 37.4 Å². The van der Waals surface area contributed by atoms with Crippen LogP contribution >= 0.6 is 0 Å². The minimum atomic E-state index is -4.76. The third-order valence-electron chi connectivity index (χ3n) is 17.6. The van der Waals surface area contributed by atoms with Crippen LogP contribution < -0.4 is 94.1 Å². The van der Waals surface area contributed by atoms with Crippen LogP contribution in [-0.4, -0.2) is 272 Å². The maximum Gasteiger partial charge on any atom is 0.573 e. The number of hydrogen-bond acceptors (Lipinski definition) is 35. The highest BCUT2D eigenvalue weighted by atomic mass is 32.2. The van der Waals surface area contributed by atoms with Gasteiger partial charge in [0.1, 0.15) is 28.7 Å². The van der Waals surface area contributed by atoms with Gasteiger partial charge in [-0.15, -0.1) is 13.2 Å². The molecule has 0 aromatic heterocycles. The van der Waals surface area contributed by atoms with Gasteiger partial charge in [0.2, 0.25) is 5.75 Å². The topological polar surface area (TPSA) is 616 Å². The van der Waals surface area contributed by atoms with Gasteiger partial charge < -0.3 is 104 Å². The Morgan fingerprint density at radius 3 is 0.956 bits per heavy atom. The fraction of sp³-hybridized carbons (Fsp3) is 0.494. The van der Waals surface area contributed by atoms with Crippen molar-refractivity contribution in [1.29, 1.82) is 0 Å². The Morgan fingerprint density at radius 1 is 0.252 bits per heavy atom. The molecular weight excluding hydrogens is 1940 g/mol. The minimum absolute atomic E-state index is 0.0950. The number of phenolic OH excluding ortho intramolecular Hbond substituents is 2. The largest absolute Gasteiger partial charge is 0.573 e. The number of nitrogens with one attached hydrogen (secondary N) is 7. The summed E-state index contributed by atoms with van der Waals surface area (Å²) in [6.45, 7) is 6.67. The molecule has 768 valence electrons. The Balaban J connectivity index is 0.000000788. The van der Waals surface area contributed by atoms with Crippen LogP contribution in [0.2, 0.25) is 0 Å². The van der Waals surface area contributed by atoms with Gasteiger partial charge in [-0.2, -0.15) is 58.9 Å². The van der Waals surface area contributed by atoms with Gasteiger partial charge in [-0.1, -0.05) is 48.5 Å². The number of phenols is 2. The first kappa shape index (κ1) is 124. The van der Waals surface area contributed by atoms with E-state index in [4.69, 9.17) is 89.1 Å². The first-order valence-corrected chi connectivity index (χ1v) is 52.2. The molecule has 52 heteroatoms. The number of ether oxygens (including phenoxy) is 12. The highest BCUT2D eigenvalue weighted by Gasteiger charge is 2.32. The lowest BCUT2D eigenvalue weighted by atomic mass is 10.1. The van der Waals surface area contributed by atoms with Crippen LogP contribution in [0, 0.1) is 0 Å². The van der Waals surface area contributed by atoms with Crippen LogP contribution in [0.25, 0.3) is 0 Å². The van der Waals surface area contributed by atoms with Gasteiger partial charge in [-0.05, 0) is 186 Å². The highest BCUT2D eigenvalue weighted by molar-refractivity contribution is 7.87. The van der Waals surface area contributed by atoms with Gasteiger partial charge in [0.05, 0.1) is 118 Å². The third-order valence-corrected chi connectivity index (χ3v) is 23.2. The van der Waals surface area contributed by atoms with Crippen molar-refractivity contribution in [1.82, 2.24) is 37.2 Å². The van der Waals surface area contributed by atoms with Crippen LogP contribution in [0.3, 0.4) is 0 Å². The highest BCUT2D eigenvalue weighted by Crippen LogP contribution is 2.39. The molecule has 0 bridgehead atoms. The number of alkyl halides is 3. The van der Waals surface area contributed by atoms with Crippen molar-refractivity contribution in [2.75, 3.05) is 164 Å². The first-order valence-electron chi connectivity index (χ1n) is 40.9. The van der Waals surface area contributed by atoms with Crippen molar-refractivity contribution in [2.24, 2.45) is 0 Å². The van der Waals surface area contributed by atoms with E-state index >= 15 is 0 Å². The lowest BCUT2D eigenvalue weighted by Crippen LogP contribution is -2.21. The fourth-order valence-electron chi connectivity index (χ4n) is 11.3. The van der Waals surface area contributed by atoms with E-state index in [9.17, 15) is 77.2 Å². The molecule has 7 aromatic rings. The van der Waals surface area contributed by atoms with E-state index in [0.29, 0.717) is 192 Å². The van der Waals surface area contributed by atoms with Crippen molar-refractivity contribution >= 4 is 70.8 Å². The van der Waals surface area contributed by atoms with Crippen molar-refractivity contribution in [2.45, 2.75) is 104 Å². The first-order chi connectivity index (χ1) is 63.3. The maximum absolute atomic E-state index is 12.2. The van der Waals surface area contributed by atoms with E-state index in [1.54, 1.807) is 101 Å². The van der Waals surface area contributed by atoms with Gasteiger partial charge in [0, 0.05) is 74.6 Å². The van der Waals surface area contributed by atoms with Gasteiger partial charge in [-0.25, -0.2) is 0 Å². The average Bonchev–Trinajstić information content (AvgIpc) is 0.823. The zero-order valence-electron chi connectivity index (χ0n) is 76.8. The van der Waals surface area contributed by atoms with Crippen molar-refractivity contribution in [3.8, 4) is 80.5 Å². The van der Waals surface area contributed by atoms with Crippen molar-refractivity contribution in [3.63, 3.8) is 0 Å². The Bertz CT molecular complexity index is 5400. The standard InChI is InChI=1S/C13H21NO6S.C13H21NO5S.3C12H19NO5S.C11H14F3NO4S.C10H15NO5S/c1-18-11-7-10(8-12(19-2)13(11)20-3)9-14-5-4-6-21(15,16)17;1-18-12-6-5-11(9-13(12)19-2)10-14-7-3-4-8-20(15,16)17;1-17-11-5-4-10(12(8-11)18-2)9-13-6-3-7-19(14,15)16;1-17-11-6-3-5-10(12(11)18-2)9-13-7-4-8-19(14,15)16;1-17-11-6-10(7-12(8-11)18-2)9-13-4-3-5-19(14,15)16;12-11(13,14)19-10-5-2-1-4-9(10)8-15-6-3-7-20(16,17)18;12-9-3-2-8(6-10(9)13)7-11-4-1-5-17(14,15)16/h7-8,14H,4-6,9H2,1-3H3,(H,15,16,17);5-6,9,14H,3-4,7-8,10H2,1-2H3,(H,15,16,17);4-5,8,13H,3,6-7,9H2,1-2H3,(H,14,15,16);3,5-6,13H,4,7-9H2,1-2H3,(H,14,15,16);6-8,13H,3-5,9H2,1-2H3,(H,14,15,16);1-2,4-5,15H,3,6-8H2,(H,16,17,18);2-3,6,11-13H,1,4-5,7H2,(H,14,15,16). The average molecular weight is 2070 g/mol. The zero-order valence-corrected chi connectivity index (χ0v) is 82.5. The smallest absolute Gasteiger partial charge is 0.504 e. The summed E-state index contributed by atoms with van der Waals surface area (Å²) in [4.78, 5) is 0. The van der Waals surface area contributed by atoms with Crippen LogP contribution in [0.15, 0.2) is 127 Å². The predicted molar refractivity (Wildman–Crippen MR) is 501 cm³/mol. The second-order valence-electron chi connectivity index (χ2n) is 28.3. The number of para-hydroxylation sites is 2. The van der Waals surface area contributed by atoms with Gasteiger partial charge in [-0.3, -0.25) is 31.9 Å². The summed E-state index contributed by atoms with van der Waals surface area (Å²) in [5.41, 5.74) is 5.89. The van der Waals surface area contributed by atoms with E-state index in [2.05, 4.69) is 42.0 Å². The van der Waals surface area contributed by atoms with Gasteiger partial charge >= 0.3 is 6.36 Å². The molecule has 0 radical (unpaired) electrons. The van der Waals surface area contributed by atoms with Crippen LogP contribution in [0.1, 0.15) is 90.3 Å². The Kier molecular flexibility index (Phi) is 59.9. The number of methoxy groups -OCH3 is 11. The van der Waals surface area contributed by atoms with Crippen LogP contribution in [0.5, 0.6) is 80.5 Å². The fourth-order valence-corrected chi connectivity index (χ4v) is 14.9. The van der Waals surface area contributed by atoms with E-state index in [-0.39, 0.29) is 71.3 Å². The molecule has 0 fully saturated rings. The summed E-state index contributed by atoms with van der Waals surface area (Å²) in [7, 11) is -10.0. The molecule has 0 saturated carbocycles. The molecule has 0 saturated heterocycles. The molecule has 0 aliphatic heterocycles. The Morgan fingerprint density at radius 2 is 0.578 bits per heavy atom. The SMILES string of the molecule is COc1cc(CNCCCS(=O)(=O)O)cc(OC)c1.COc1cc(CNCCCS(=O)(=O)O)cc(OC)c1OC.COc1ccc(CNCCCCS(=O)(=O)O)cc1OC.COc1ccc(CNCCCS(=O)(=O)O)c(OC)c1.COc1cccc(CNCCCS(=O)(=O)O)c1OC.O=S(=O)(O)CCCNCc1ccc(O)c(O)c1.O=S(=O)(O)CCCNCc1ccccc1OC(F)(F)F. The Labute approximate surface area is 788 Å². The third kappa shape index (κ3) is 62.2. The predicted octanol–water partition coefficient (Wildman–Crippen LogP) is 8.17. The number of rotatable bonds is 55. The normalized spacial score (nSPS) is 11.5. The van der Waals surface area contributed by atoms with Crippen molar-refractivity contribution < 1.29 is 171 Å². The lowest BCUT2D eigenvalue weighted by molar-refractivity contribution is -0.275. The van der Waals surface area contributed by atoms with Crippen LogP contribution in [0.4, 0.5) is 13.2 Å². The summed E-state index contributed by atoms with van der Waals surface area (Å²) in [6.07, 6.45) is -1.76. The molecule has 7 aromatic carbocycles. The summed E-state index contributed by atoms with van der Waals surface area (Å²) in [6, 6.07) is 36.0. The second kappa shape index (κ2) is 65.4. The van der Waals surface area contributed by atoms with Gasteiger partial charge in [0.15, 0.2) is 46.0 Å². The number of benzene rings is 7. The monoisotopic (exact) mass is 2060 g/mol. The van der Waals surface area contributed by atoms with E-state index in [1.807, 2.05) is 66.7 Å². The van der Waals surface area contributed by atoms with Gasteiger partial charge in [0.25, 0.3) is 70.8 Å². The van der Waals surface area contributed by atoms with Crippen LogP contribution in [-0.2, 0) is 117 Å². The lowest BCUT2D eigenvalue weighted by Gasteiger charge is -2.14. The molecule has 0 amide bonds. The molecule has 0 spiro atoms. The molecule has 135 heavy (non-hydrogen) atoms. The molecule has 0 heterocycles. The molecule has 0 aliphatic rings. The van der Waals surface area contributed by atoms with E-state index in [0.717, 1.165) is 33.4 Å². The molecule has 16 N–H and O–H groups in total. The maximum atomic E-state index is 12.2. The quantitative estimate of drug-likeness (QED) is 0.00970.